The lowest BCUT2D eigenvalue weighted by atomic mass is 10.2. The molecule has 1 aromatic rings. The van der Waals surface area contributed by atoms with Gasteiger partial charge in [0.05, 0.1) is 6.54 Å². The molecule has 0 aliphatic carbocycles. The van der Waals surface area contributed by atoms with E-state index in [1.165, 1.54) is 11.3 Å². The van der Waals surface area contributed by atoms with Crippen LogP contribution in [0.3, 0.4) is 0 Å². The summed E-state index contributed by atoms with van der Waals surface area (Å²) in [6.07, 6.45) is 7.22. The second kappa shape index (κ2) is 10.3. The average molecular weight is 325 g/mol. The highest BCUT2D eigenvalue weighted by molar-refractivity contribution is 7.15. The lowest BCUT2D eigenvalue weighted by Crippen LogP contribution is -2.38. The van der Waals surface area contributed by atoms with Crippen molar-refractivity contribution >= 4 is 28.3 Å². The summed E-state index contributed by atoms with van der Waals surface area (Å²) in [5.74, 6) is -0.0980. The summed E-state index contributed by atoms with van der Waals surface area (Å²) in [6.45, 7) is 6.90. The Bertz CT molecular complexity index is 474. The summed E-state index contributed by atoms with van der Waals surface area (Å²) in [5.41, 5.74) is 0. The predicted molar refractivity (Wildman–Crippen MR) is 91.1 cm³/mol. The van der Waals surface area contributed by atoms with Gasteiger partial charge in [0.25, 0.3) is 0 Å². The molecule has 124 valence electrons. The first-order chi connectivity index (χ1) is 10.6. The number of nitrogens with one attached hydrogen (secondary N) is 1. The van der Waals surface area contributed by atoms with E-state index in [0.717, 1.165) is 37.0 Å². The van der Waals surface area contributed by atoms with Crippen LogP contribution in [-0.2, 0) is 9.59 Å². The quantitative estimate of drug-likeness (QED) is 0.669. The van der Waals surface area contributed by atoms with Crippen LogP contribution in [0.15, 0.2) is 6.20 Å². The third kappa shape index (κ3) is 7.02. The highest BCUT2D eigenvalue weighted by Crippen LogP contribution is 2.16. The smallest absolute Gasteiger partial charge is 0.245 e. The van der Waals surface area contributed by atoms with Crippen LogP contribution >= 0.6 is 11.3 Å². The van der Waals surface area contributed by atoms with Crippen molar-refractivity contribution in [3.05, 3.63) is 11.1 Å². The Morgan fingerprint density at radius 2 is 1.95 bits per heavy atom. The van der Waals surface area contributed by atoms with Crippen molar-refractivity contribution in [3.63, 3.8) is 0 Å². The predicted octanol–water partition coefficient (Wildman–Crippen LogP) is 3.60. The van der Waals surface area contributed by atoms with Crippen LogP contribution in [0.5, 0.6) is 0 Å². The van der Waals surface area contributed by atoms with Crippen molar-refractivity contribution in [1.82, 2.24) is 9.88 Å². The van der Waals surface area contributed by atoms with E-state index in [1.807, 2.05) is 6.92 Å². The highest BCUT2D eigenvalue weighted by Gasteiger charge is 2.17. The minimum Gasteiger partial charge on any atom is -0.333 e. The first-order valence-corrected chi connectivity index (χ1v) is 8.88. The summed E-state index contributed by atoms with van der Waals surface area (Å²) in [5, 5.41) is 3.36. The van der Waals surface area contributed by atoms with Crippen LogP contribution in [0.25, 0.3) is 0 Å². The molecule has 1 aromatic heterocycles. The van der Waals surface area contributed by atoms with Gasteiger partial charge in [0.1, 0.15) is 0 Å². The standard InChI is InChI=1S/C16H27N3O2S/c1-4-6-8-10-19(15(21)9-7-5-2)12-14(20)18-16-17-11-13(3)22-16/h11H,4-10,12H2,1-3H3,(H,17,18,20). The molecular formula is C16H27N3O2S. The Kier molecular flexibility index (Phi) is 8.74. The van der Waals surface area contributed by atoms with Gasteiger partial charge in [-0.05, 0) is 19.8 Å². The molecule has 0 aliphatic rings. The number of unbranched alkanes of at least 4 members (excludes halogenated alkanes) is 3. The van der Waals surface area contributed by atoms with Gasteiger partial charge >= 0.3 is 0 Å². The van der Waals surface area contributed by atoms with Gasteiger partial charge < -0.3 is 10.2 Å². The molecule has 0 saturated carbocycles. The number of carbonyl (C=O) groups excluding carboxylic acids is 2. The van der Waals surface area contributed by atoms with E-state index in [-0.39, 0.29) is 18.4 Å². The molecule has 0 radical (unpaired) electrons. The number of amides is 2. The second-order valence-electron chi connectivity index (χ2n) is 5.45. The van der Waals surface area contributed by atoms with Gasteiger partial charge in [-0.15, -0.1) is 11.3 Å². The maximum Gasteiger partial charge on any atom is 0.245 e. The first-order valence-electron chi connectivity index (χ1n) is 8.06. The third-order valence-electron chi connectivity index (χ3n) is 3.33. The van der Waals surface area contributed by atoms with E-state index in [2.05, 4.69) is 24.1 Å². The fraction of sp³-hybridized carbons (Fsp3) is 0.688. The molecule has 0 aliphatic heterocycles. The molecule has 6 heteroatoms. The normalized spacial score (nSPS) is 10.5. The molecule has 0 bridgehead atoms. The Morgan fingerprint density at radius 3 is 2.55 bits per heavy atom. The van der Waals surface area contributed by atoms with Crippen molar-refractivity contribution in [3.8, 4) is 0 Å². The van der Waals surface area contributed by atoms with E-state index in [9.17, 15) is 9.59 Å². The Labute approximate surface area is 137 Å². The molecule has 5 nitrogen and oxygen atoms in total. The van der Waals surface area contributed by atoms with Gasteiger partial charge in [-0.3, -0.25) is 9.59 Å². The summed E-state index contributed by atoms with van der Waals surface area (Å²) in [6, 6.07) is 0. The Morgan fingerprint density at radius 1 is 1.23 bits per heavy atom. The van der Waals surface area contributed by atoms with Gasteiger partial charge in [-0.2, -0.15) is 0 Å². The maximum atomic E-state index is 12.2. The number of nitrogens with zero attached hydrogens (tertiary/aromatic N) is 2. The maximum absolute atomic E-state index is 12.2. The zero-order chi connectivity index (χ0) is 16.4. The highest BCUT2D eigenvalue weighted by atomic mass is 32.1. The number of hydrogen-bond acceptors (Lipinski definition) is 4. The van der Waals surface area contributed by atoms with E-state index in [4.69, 9.17) is 0 Å². The third-order valence-corrected chi connectivity index (χ3v) is 4.16. The number of thiazole rings is 1. The van der Waals surface area contributed by atoms with E-state index in [0.29, 0.717) is 18.1 Å². The molecule has 0 atom stereocenters. The summed E-state index contributed by atoms with van der Waals surface area (Å²) in [4.78, 5) is 31.2. The lowest BCUT2D eigenvalue weighted by molar-refractivity contribution is -0.134. The number of hydrogen-bond donors (Lipinski definition) is 1. The van der Waals surface area contributed by atoms with E-state index < -0.39 is 0 Å². The zero-order valence-corrected chi connectivity index (χ0v) is 14.7. The van der Waals surface area contributed by atoms with Gasteiger partial charge in [-0.1, -0.05) is 33.1 Å². The molecule has 22 heavy (non-hydrogen) atoms. The fourth-order valence-electron chi connectivity index (χ4n) is 2.08. The minimum atomic E-state index is -0.171. The van der Waals surface area contributed by atoms with Gasteiger partial charge in [0.2, 0.25) is 11.8 Å². The number of aryl methyl sites for hydroxylation is 1. The fourth-order valence-corrected chi connectivity index (χ4v) is 2.76. The SMILES string of the molecule is CCCCCN(CC(=O)Nc1ncc(C)s1)C(=O)CCCC. The molecule has 0 fully saturated rings. The Hall–Kier alpha value is -1.43. The van der Waals surface area contributed by atoms with Crippen molar-refractivity contribution in [1.29, 1.82) is 0 Å². The van der Waals surface area contributed by atoms with Crippen molar-refractivity contribution < 1.29 is 9.59 Å². The van der Waals surface area contributed by atoms with Gasteiger partial charge in [0, 0.05) is 24.0 Å². The number of anilines is 1. The summed E-state index contributed by atoms with van der Waals surface area (Å²) < 4.78 is 0. The van der Waals surface area contributed by atoms with Crippen molar-refractivity contribution in [2.75, 3.05) is 18.4 Å². The molecule has 1 N–H and O–H groups in total. The molecule has 0 unspecified atom stereocenters. The topological polar surface area (TPSA) is 62.3 Å². The molecule has 2 amide bonds. The molecule has 0 spiro atoms. The van der Waals surface area contributed by atoms with Crippen LogP contribution in [0.1, 0.15) is 57.2 Å². The number of aromatic nitrogens is 1. The first kappa shape index (κ1) is 18.6. The van der Waals surface area contributed by atoms with E-state index in [1.54, 1.807) is 11.1 Å². The largest absolute Gasteiger partial charge is 0.333 e. The lowest BCUT2D eigenvalue weighted by Gasteiger charge is -2.22. The number of rotatable bonds is 10. The molecule has 1 rings (SSSR count). The Balaban J connectivity index is 2.53. The van der Waals surface area contributed by atoms with Crippen molar-refractivity contribution in [2.45, 2.75) is 59.3 Å². The molecular weight excluding hydrogens is 298 g/mol. The average Bonchev–Trinajstić information content (AvgIpc) is 2.88. The summed E-state index contributed by atoms with van der Waals surface area (Å²) in [7, 11) is 0. The van der Waals surface area contributed by atoms with Gasteiger partial charge in [0.15, 0.2) is 5.13 Å². The molecule has 0 saturated heterocycles. The van der Waals surface area contributed by atoms with Crippen LogP contribution in [0, 0.1) is 6.92 Å². The molecule has 0 aromatic carbocycles. The zero-order valence-electron chi connectivity index (χ0n) is 13.9. The van der Waals surface area contributed by atoms with Crippen LogP contribution in [0.2, 0.25) is 0 Å². The monoisotopic (exact) mass is 325 g/mol. The van der Waals surface area contributed by atoms with Gasteiger partial charge in [-0.25, -0.2) is 4.98 Å². The van der Waals surface area contributed by atoms with Crippen LogP contribution in [0.4, 0.5) is 5.13 Å². The second-order valence-corrected chi connectivity index (χ2v) is 6.68. The molecule has 1 heterocycles. The van der Waals surface area contributed by atoms with Crippen molar-refractivity contribution in [2.24, 2.45) is 0 Å². The number of carbonyl (C=O) groups is 2. The van der Waals surface area contributed by atoms with Crippen LogP contribution < -0.4 is 5.32 Å². The minimum absolute atomic E-state index is 0.0726. The van der Waals surface area contributed by atoms with Crippen LogP contribution in [-0.4, -0.2) is 34.8 Å². The summed E-state index contributed by atoms with van der Waals surface area (Å²) >= 11 is 1.44. The van der Waals surface area contributed by atoms with E-state index >= 15 is 0 Å².